The maximum Gasteiger partial charge on any atom is 0.153 e. The largest absolute Gasteiger partial charge is 0.298 e. The number of hydrogen-bond donors (Lipinski definition) is 0. The summed E-state index contributed by atoms with van der Waals surface area (Å²) in [5, 5.41) is 9.03. The molecule has 0 bridgehead atoms. The number of carbonyl (C=O) groups excluding carboxylic acids is 1. The Morgan fingerprint density at radius 2 is 2.07 bits per heavy atom. The van der Waals surface area contributed by atoms with Crippen molar-refractivity contribution in [2.75, 3.05) is 0 Å². The first-order valence-corrected chi connectivity index (χ1v) is 5.83. The van der Waals surface area contributed by atoms with E-state index >= 15 is 0 Å². The zero-order valence-electron chi connectivity index (χ0n) is 10.2. The van der Waals surface area contributed by atoms with Gasteiger partial charge in [0.2, 0.25) is 0 Å². The molecule has 1 rings (SSSR count). The molecule has 0 radical (unpaired) electrons. The van der Waals surface area contributed by atoms with Crippen LogP contribution in [0.25, 0.3) is 0 Å². The van der Waals surface area contributed by atoms with Gasteiger partial charge in [0, 0.05) is 5.92 Å². The number of nitriles is 1. The molecule has 84 valence electrons. The summed E-state index contributed by atoms with van der Waals surface area (Å²) in [4.78, 5) is 12.2. The highest BCUT2D eigenvalue weighted by atomic mass is 16.1. The van der Waals surface area contributed by atoms with Crippen molar-refractivity contribution in [3.8, 4) is 6.07 Å². The molecule has 0 N–H and O–H groups in total. The molecule has 0 aromatic heterocycles. The first-order chi connectivity index (χ1) is 6.90. The highest BCUT2D eigenvalue weighted by Crippen LogP contribution is 2.44. The molecule has 0 aromatic rings. The van der Waals surface area contributed by atoms with Crippen LogP contribution < -0.4 is 0 Å². The van der Waals surface area contributed by atoms with E-state index in [9.17, 15) is 4.79 Å². The summed E-state index contributed by atoms with van der Waals surface area (Å²) in [7, 11) is 0. The van der Waals surface area contributed by atoms with Gasteiger partial charge in [0.05, 0.1) is 6.07 Å². The number of nitrogens with zero attached hydrogens (tertiary/aromatic N) is 1. The molecule has 0 saturated heterocycles. The fourth-order valence-corrected chi connectivity index (χ4v) is 2.61. The van der Waals surface area contributed by atoms with Crippen LogP contribution in [0.2, 0.25) is 0 Å². The van der Waals surface area contributed by atoms with Crippen molar-refractivity contribution in [2.45, 2.75) is 47.0 Å². The zero-order valence-corrected chi connectivity index (χ0v) is 10.2. The summed E-state index contributed by atoms with van der Waals surface area (Å²) >= 11 is 0. The van der Waals surface area contributed by atoms with E-state index in [1.165, 1.54) is 0 Å². The predicted octanol–water partition coefficient (Wildman–Crippen LogP) is 3.18. The highest BCUT2D eigenvalue weighted by Gasteiger charge is 2.42. The van der Waals surface area contributed by atoms with E-state index < -0.39 is 5.92 Å². The summed E-state index contributed by atoms with van der Waals surface area (Å²) in [5.74, 6) is 0.00539. The standard InChI is InChI=1S/C13H21NO/c1-9(2)10(8-14)12(15)11-6-5-7-13(11,3)4/h9-11H,5-7H2,1-4H3. The van der Waals surface area contributed by atoms with E-state index in [-0.39, 0.29) is 23.0 Å². The summed E-state index contributed by atoms with van der Waals surface area (Å²) in [6, 6.07) is 2.17. The van der Waals surface area contributed by atoms with Gasteiger partial charge in [-0.2, -0.15) is 5.26 Å². The van der Waals surface area contributed by atoms with E-state index in [0.29, 0.717) is 0 Å². The fourth-order valence-electron chi connectivity index (χ4n) is 2.61. The molecule has 1 saturated carbocycles. The summed E-state index contributed by atoms with van der Waals surface area (Å²) in [5.41, 5.74) is 0.0983. The number of carbonyl (C=O) groups is 1. The Balaban J connectivity index is 2.81. The van der Waals surface area contributed by atoms with Crippen LogP contribution >= 0.6 is 0 Å². The minimum absolute atomic E-state index is 0.0983. The summed E-state index contributed by atoms with van der Waals surface area (Å²) in [6.07, 6.45) is 3.20. The van der Waals surface area contributed by atoms with Gasteiger partial charge in [0.25, 0.3) is 0 Å². The number of ketones is 1. The Labute approximate surface area is 92.7 Å². The minimum atomic E-state index is -0.410. The van der Waals surface area contributed by atoms with Crippen LogP contribution in [-0.2, 0) is 4.79 Å². The Morgan fingerprint density at radius 3 is 2.40 bits per heavy atom. The zero-order chi connectivity index (χ0) is 11.6. The lowest BCUT2D eigenvalue weighted by atomic mass is 9.74. The molecule has 15 heavy (non-hydrogen) atoms. The van der Waals surface area contributed by atoms with Crippen molar-refractivity contribution >= 4 is 5.78 Å². The molecule has 0 aliphatic heterocycles. The SMILES string of the molecule is CC(C)C(C#N)C(=O)C1CCCC1(C)C. The molecular weight excluding hydrogens is 186 g/mol. The molecule has 1 aliphatic carbocycles. The van der Waals surface area contributed by atoms with Gasteiger partial charge < -0.3 is 0 Å². The topological polar surface area (TPSA) is 40.9 Å². The maximum absolute atomic E-state index is 12.2. The van der Waals surface area contributed by atoms with Crippen molar-refractivity contribution < 1.29 is 4.79 Å². The van der Waals surface area contributed by atoms with Gasteiger partial charge in [0.1, 0.15) is 5.92 Å². The van der Waals surface area contributed by atoms with Crippen LogP contribution in [-0.4, -0.2) is 5.78 Å². The van der Waals surface area contributed by atoms with Crippen molar-refractivity contribution in [3.05, 3.63) is 0 Å². The van der Waals surface area contributed by atoms with Crippen molar-refractivity contribution in [1.29, 1.82) is 5.26 Å². The maximum atomic E-state index is 12.2. The van der Waals surface area contributed by atoms with Crippen LogP contribution in [0.4, 0.5) is 0 Å². The number of Topliss-reactive ketones (excluding diaryl/α,β-unsaturated/α-hetero) is 1. The first-order valence-electron chi connectivity index (χ1n) is 5.83. The van der Waals surface area contributed by atoms with E-state index in [0.717, 1.165) is 19.3 Å². The van der Waals surface area contributed by atoms with Gasteiger partial charge in [-0.15, -0.1) is 0 Å². The Bertz CT molecular complexity index is 285. The number of hydrogen-bond acceptors (Lipinski definition) is 2. The van der Waals surface area contributed by atoms with E-state index in [2.05, 4.69) is 19.9 Å². The van der Waals surface area contributed by atoms with Gasteiger partial charge in [-0.1, -0.05) is 34.1 Å². The molecule has 0 amide bonds. The summed E-state index contributed by atoms with van der Waals surface area (Å²) in [6.45, 7) is 8.20. The van der Waals surface area contributed by atoms with Crippen molar-refractivity contribution in [3.63, 3.8) is 0 Å². The molecule has 0 heterocycles. The highest BCUT2D eigenvalue weighted by molar-refractivity contribution is 5.86. The average molecular weight is 207 g/mol. The van der Waals surface area contributed by atoms with Crippen molar-refractivity contribution in [1.82, 2.24) is 0 Å². The molecule has 2 atom stereocenters. The normalized spacial score (nSPS) is 26.3. The Hall–Kier alpha value is -0.840. The molecule has 1 fully saturated rings. The molecule has 2 nitrogen and oxygen atoms in total. The van der Waals surface area contributed by atoms with Crippen LogP contribution in [0, 0.1) is 34.5 Å². The lowest BCUT2D eigenvalue weighted by molar-refractivity contribution is -0.128. The van der Waals surface area contributed by atoms with Gasteiger partial charge in [-0.25, -0.2) is 0 Å². The lowest BCUT2D eigenvalue weighted by Gasteiger charge is -2.28. The summed E-state index contributed by atoms with van der Waals surface area (Å²) < 4.78 is 0. The minimum Gasteiger partial charge on any atom is -0.298 e. The van der Waals surface area contributed by atoms with Crippen LogP contribution in [0.3, 0.4) is 0 Å². The molecule has 1 aliphatic rings. The second-order valence-corrected chi connectivity index (χ2v) is 5.69. The Morgan fingerprint density at radius 1 is 1.47 bits per heavy atom. The molecule has 2 heteroatoms. The predicted molar refractivity (Wildman–Crippen MR) is 60.1 cm³/mol. The lowest BCUT2D eigenvalue weighted by Crippen LogP contribution is -2.32. The van der Waals surface area contributed by atoms with Gasteiger partial charge in [-0.3, -0.25) is 4.79 Å². The van der Waals surface area contributed by atoms with Gasteiger partial charge in [-0.05, 0) is 24.2 Å². The smallest absolute Gasteiger partial charge is 0.153 e. The second-order valence-electron chi connectivity index (χ2n) is 5.69. The molecule has 0 aromatic carbocycles. The van der Waals surface area contributed by atoms with E-state index in [1.807, 2.05) is 13.8 Å². The first kappa shape index (κ1) is 12.2. The monoisotopic (exact) mass is 207 g/mol. The third-order valence-electron chi connectivity index (χ3n) is 3.71. The van der Waals surface area contributed by atoms with Crippen LogP contribution in [0.1, 0.15) is 47.0 Å². The van der Waals surface area contributed by atoms with Gasteiger partial charge >= 0.3 is 0 Å². The fraction of sp³-hybridized carbons (Fsp3) is 0.846. The third kappa shape index (κ3) is 2.40. The molecule has 2 unspecified atom stereocenters. The van der Waals surface area contributed by atoms with E-state index in [4.69, 9.17) is 5.26 Å². The molecular formula is C13H21NO. The van der Waals surface area contributed by atoms with Crippen molar-refractivity contribution in [2.24, 2.45) is 23.2 Å². The number of rotatable bonds is 3. The quantitative estimate of drug-likeness (QED) is 0.713. The van der Waals surface area contributed by atoms with E-state index in [1.54, 1.807) is 0 Å². The third-order valence-corrected chi connectivity index (χ3v) is 3.71. The van der Waals surface area contributed by atoms with Crippen LogP contribution in [0.15, 0.2) is 0 Å². The van der Waals surface area contributed by atoms with Gasteiger partial charge in [0.15, 0.2) is 5.78 Å². The second kappa shape index (κ2) is 4.35. The van der Waals surface area contributed by atoms with Crippen LogP contribution in [0.5, 0.6) is 0 Å². The molecule has 0 spiro atoms. The average Bonchev–Trinajstić information content (AvgIpc) is 2.45. The Kier molecular flexibility index (Phi) is 3.54.